The number of hydrogen-bond donors (Lipinski definition) is 2. The maximum Gasteiger partial charge on any atom is 0.315 e. The molecule has 0 fully saturated rings. The van der Waals surface area contributed by atoms with Crippen molar-refractivity contribution in [3.63, 3.8) is 0 Å². The molecule has 120 valence electrons. The number of amides is 2. The van der Waals surface area contributed by atoms with Gasteiger partial charge in [-0.2, -0.15) is 0 Å². The Morgan fingerprint density at radius 1 is 1.43 bits per heavy atom. The van der Waals surface area contributed by atoms with Crippen molar-refractivity contribution in [2.75, 3.05) is 20.6 Å². The largest absolute Gasteiger partial charge is 0.335 e. The first-order valence-electron chi connectivity index (χ1n) is 7.28. The van der Waals surface area contributed by atoms with E-state index in [-0.39, 0.29) is 17.5 Å². The summed E-state index contributed by atoms with van der Waals surface area (Å²) in [5.41, 5.74) is 2.83. The summed E-state index contributed by atoms with van der Waals surface area (Å²) in [5, 5.41) is 6.02. The molecule has 0 aliphatic heterocycles. The minimum Gasteiger partial charge on any atom is -0.335 e. The van der Waals surface area contributed by atoms with E-state index in [2.05, 4.69) is 41.3 Å². The third-order valence-electron chi connectivity index (χ3n) is 3.47. The number of rotatable bonds is 6. The monoisotopic (exact) mass is 312 g/mol. The van der Waals surface area contributed by atoms with Crippen molar-refractivity contribution in [2.45, 2.75) is 46.7 Å². The summed E-state index contributed by atoms with van der Waals surface area (Å²) in [4.78, 5) is 19.5. The summed E-state index contributed by atoms with van der Waals surface area (Å²) in [7, 11) is 4.10. The van der Waals surface area contributed by atoms with Crippen LogP contribution in [0.1, 0.15) is 37.8 Å². The van der Waals surface area contributed by atoms with Gasteiger partial charge in [0.2, 0.25) is 0 Å². The van der Waals surface area contributed by atoms with E-state index < -0.39 is 0 Å². The van der Waals surface area contributed by atoms with Crippen molar-refractivity contribution >= 4 is 17.4 Å². The third-order valence-corrected chi connectivity index (χ3v) is 4.41. The SMILES string of the molecule is Cc1ncsc1CNC(=O)N[C@@H](CCN(C)C)C(C)(C)C. The van der Waals surface area contributed by atoms with Crippen LogP contribution in [0.3, 0.4) is 0 Å². The smallest absolute Gasteiger partial charge is 0.315 e. The Hall–Kier alpha value is -1.14. The van der Waals surface area contributed by atoms with Crippen LogP contribution >= 0.6 is 11.3 Å². The number of aryl methyl sites for hydroxylation is 1. The van der Waals surface area contributed by atoms with Crippen LogP contribution in [-0.2, 0) is 6.54 Å². The molecular formula is C15H28N4OS. The van der Waals surface area contributed by atoms with E-state index in [1.165, 1.54) is 0 Å². The van der Waals surface area contributed by atoms with Gasteiger partial charge in [0.25, 0.3) is 0 Å². The molecule has 0 saturated carbocycles. The predicted molar refractivity (Wildman–Crippen MR) is 88.6 cm³/mol. The van der Waals surface area contributed by atoms with Crippen molar-refractivity contribution < 1.29 is 4.79 Å². The molecular weight excluding hydrogens is 284 g/mol. The maximum atomic E-state index is 12.1. The minimum absolute atomic E-state index is 0.0355. The van der Waals surface area contributed by atoms with Crippen LogP contribution in [0.25, 0.3) is 0 Å². The quantitative estimate of drug-likeness (QED) is 0.849. The van der Waals surface area contributed by atoms with Crippen LogP contribution in [0.2, 0.25) is 0 Å². The summed E-state index contributed by atoms with van der Waals surface area (Å²) in [5.74, 6) is 0. The van der Waals surface area contributed by atoms with Crippen molar-refractivity contribution in [1.82, 2.24) is 20.5 Å². The lowest BCUT2D eigenvalue weighted by atomic mass is 9.85. The predicted octanol–water partition coefficient (Wildman–Crippen LogP) is 2.62. The molecule has 0 spiro atoms. The van der Waals surface area contributed by atoms with Gasteiger partial charge in [0.15, 0.2) is 0 Å². The van der Waals surface area contributed by atoms with E-state index in [1.807, 2.05) is 21.0 Å². The van der Waals surface area contributed by atoms with Gasteiger partial charge in [-0.05, 0) is 39.4 Å². The average molecular weight is 312 g/mol. The molecule has 0 aromatic carbocycles. The average Bonchev–Trinajstić information content (AvgIpc) is 2.76. The Bertz CT molecular complexity index is 451. The third kappa shape index (κ3) is 6.44. The number of hydrogen-bond acceptors (Lipinski definition) is 4. The molecule has 1 rings (SSSR count). The van der Waals surface area contributed by atoms with Gasteiger partial charge < -0.3 is 15.5 Å². The van der Waals surface area contributed by atoms with E-state index >= 15 is 0 Å². The highest BCUT2D eigenvalue weighted by molar-refractivity contribution is 7.09. The van der Waals surface area contributed by atoms with Gasteiger partial charge in [0.05, 0.1) is 17.7 Å². The first kappa shape index (κ1) is 17.9. The fourth-order valence-electron chi connectivity index (χ4n) is 1.97. The van der Waals surface area contributed by atoms with Crippen LogP contribution in [0, 0.1) is 12.3 Å². The Kier molecular flexibility index (Phi) is 6.61. The van der Waals surface area contributed by atoms with Crippen molar-refractivity contribution in [2.24, 2.45) is 5.41 Å². The molecule has 2 amide bonds. The van der Waals surface area contributed by atoms with E-state index in [4.69, 9.17) is 0 Å². The van der Waals surface area contributed by atoms with E-state index in [0.29, 0.717) is 6.54 Å². The van der Waals surface area contributed by atoms with Crippen LogP contribution < -0.4 is 10.6 Å². The summed E-state index contributed by atoms with van der Waals surface area (Å²) in [6.45, 7) is 9.91. The van der Waals surface area contributed by atoms with E-state index in [9.17, 15) is 4.79 Å². The molecule has 0 bridgehead atoms. The Morgan fingerprint density at radius 2 is 2.10 bits per heavy atom. The van der Waals surface area contributed by atoms with Crippen LogP contribution in [0.5, 0.6) is 0 Å². The van der Waals surface area contributed by atoms with Gasteiger partial charge in [-0.15, -0.1) is 11.3 Å². The standard InChI is InChI=1S/C15H28N4OS/c1-11-12(21-10-17-11)9-16-14(20)18-13(15(2,3)4)7-8-19(5)6/h10,13H,7-9H2,1-6H3,(H2,16,18,20)/t13-/m0/s1. The van der Waals surface area contributed by atoms with Crippen molar-refractivity contribution in [3.8, 4) is 0 Å². The van der Waals surface area contributed by atoms with Crippen molar-refractivity contribution in [3.05, 3.63) is 16.1 Å². The second-order valence-electron chi connectivity index (χ2n) is 6.70. The molecule has 0 aliphatic rings. The highest BCUT2D eigenvalue weighted by Crippen LogP contribution is 2.22. The van der Waals surface area contributed by atoms with Gasteiger partial charge in [-0.3, -0.25) is 0 Å². The summed E-state index contributed by atoms with van der Waals surface area (Å²) in [6.07, 6.45) is 0.934. The molecule has 1 heterocycles. The van der Waals surface area contributed by atoms with E-state index in [1.54, 1.807) is 16.8 Å². The zero-order valence-corrected chi connectivity index (χ0v) is 14.8. The van der Waals surface area contributed by atoms with Crippen molar-refractivity contribution in [1.29, 1.82) is 0 Å². The van der Waals surface area contributed by atoms with Gasteiger partial charge in [0.1, 0.15) is 0 Å². The number of nitrogens with zero attached hydrogens (tertiary/aromatic N) is 2. The number of aromatic nitrogens is 1. The normalized spacial score (nSPS) is 13.3. The molecule has 0 radical (unpaired) electrons. The molecule has 1 atom stereocenters. The Morgan fingerprint density at radius 3 is 2.57 bits per heavy atom. The number of carbonyl (C=O) groups is 1. The summed E-state index contributed by atoms with van der Waals surface area (Å²) in [6, 6.07) is 0.0314. The molecule has 2 N–H and O–H groups in total. The second kappa shape index (κ2) is 7.75. The molecule has 0 saturated heterocycles. The zero-order chi connectivity index (χ0) is 16.0. The zero-order valence-electron chi connectivity index (χ0n) is 14.0. The molecule has 6 heteroatoms. The Balaban J connectivity index is 2.50. The fourth-order valence-corrected chi connectivity index (χ4v) is 2.69. The first-order valence-corrected chi connectivity index (χ1v) is 8.16. The van der Waals surface area contributed by atoms with Gasteiger partial charge >= 0.3 is 6.03 Å². The second-order valence-corrected chi connectivity index (χ2v) is 7.64. The maximum absolute atomic E-state index is 12.1. The van der Waals surface area contributed by atoms with E-state index in [0.717, 1.165) is 23.5 Å². The number of thiazole rings is 1. The summed E-state index contributed by atoms with van der Waals surface area (Å²) < 4.78 is 0. The van der Waals surface area contributed by atoms with Gasteiger partial charge in [-0.1, -0.05) is 20.8 Å². The van der Waals surface area contributed by atoms with Crippen LogP contribution in [0.4, 0.5) is 4.79 Å². The molecule has 21 heavy (non-hydrogen) atoms. The number of urea groups is 1. The topological polar surface area (TPSA) is 57.3 Å². The molecule has 0 aliphatic carbocycles. The van der Waals surface area contributed by atoms with Gasteiger partial charge in [-0.25, -0.2) is 9.78 Å². The molecule has 0 unspecified atom stereocenters. The highest BCUT2D eigenvalue weighted by Gasteiger charge is 2.26. The molecule has 1 aromatic heterocycles. The van der Waals surface area contributed by atoms with Crippen LogP contribution in [-0.4, -0.2) is 42.6 Å². The molecule has 5 nitrogen and oxygen atoms in total. The minimum atomic E-state index is -0.110. The lowest BCUT2D eigenvalue weighted by Crippen LogP contribution is -2.48. The first-order chi connectivity index (χ1) is 9.70. The lowest BCUT2D eigenvalue weighted by Gasteiger charge is -2.32. The number of nitrogens with one attached hydrogen (secondary N) is 2. The Labute approximate surface area is 132 Å². The molecule has 1 aromatic rings. The van der Waals surface area contributed by atoms with Gasteiger partial charge in [0, 0.05) is 10.9 Å². The lowest BCUT2D eigenvalue weighted by molar-refractivity contribution is 0.206. The number of carbonyl (C=O) groups excluding carboxylic acids is 1. The summed E-state index contributed by atoms with van der Waals surface area (Å²) >= 11 is 1.57. The fraction of sp³-hybridized carbons (Fsp3) is 0.733. The van der Waals surface area contributed by atoms with Crippen LogP contribution in [0.15, 0.2) is 5.51 Å². The highest BCUT2D eigenvalue weighted by atomic mass is 32.1.